The summed E-state index contributed by atoms with van der Waals surface area (Å²) in [6.07, 6.45) is 0. The van der Waals surface area contributed by atoms with Crippen LogP contribution in [0.4, 0.5) is 0 Å². The maximum Gasteiger partial charge on any atom is 0 e. The average Bonchev–Trinajstić information content (AvgIpc) is 2.77. The fourth-order valence-electron chi connectivity index (χ4n) is 3.13. The van der Waals surface area contributed by atoms with E-state index in [0.717, 1.165) is 8.58 Å². The molecular formula is C27H30Cl2P2Pd. The first-order valence-electron chi connectivity index (χ1n) is 10.0. The molecule has 0 unspecified atom stereocenters. The van der Waals surface area contributed by atoms with E-state index in [2.05, 4.69) is 135 Å². The Morgan fingerprint density at radius 1 is 0.500 bits per heavy atom. The van der Waals surface area contributed by atoms with Crippen molar-refractivity contribution in [1.82, 2.24) is 0 Å². The van der Waals surface area contributed by atoms with Gasteiger partial charge in [0.15, 0.2) is 0 Å². The summed E-state index contributed by atoms with van der Waals surface area (Å²) >= 11 is 0. The monoisotopic (exact) mass is 592 g/mol. The second kappa shape index (κ2) is 17.5. The summed E-state index contributed by atoms with van der Waals surface area (Å²) in [5.74, 6) is 0. The van der Waals surface area contributed by atoms with Crippen molar-refractivity contribution in [2.75, 3.05) is 0 Å². The Morgan fingerprint density at radius 2 is 0.781 bits per heavy atom. The van der Waals surface area contributed by atoms with Crippen molar-refractivity contribution < 1.29 is 20.4 Å². The van der Waals surface area contributed by atoms with Gasteiger partial charge in [-0.05, 0) is 34.8 Å². The van der Waals surface area contributed by atoms with E-state index in [0.29, 0.717) is 5.66 Å². The van der Waals surface area contributed by atoms with Crippen LogP contribution < -0.4 is 21.2 Å². The normalized spacial score (nSPS) is 9.50. The van der Waals surface area contributed by atoms with Gasteiger partial charge < -0.3 is 0 Å². The van der Waals surface area contributed by atoms with Crippen molar-refractivity contribution in [3.8, 4) is 0 Å². The minimum absolute atomic E-state index is 0. The van der Waals surface area contributed by atoms with Gasteiger partial charge in [0.1, 0.15) is 0 Å². The SMILES string of the molecule is CC(C)P(c1ccccc1)c1ccccc1.Cl.Cl.[Pd].c1ccc(Pc2ccccc2)cc1. The molecule has 4 rings (SSSR count). The Bertz CT molecular complexity index is 877. The summed E-state index contributed by atoms with van der Waals surface area (Å²) < 4.78 is 0. The smallest absolute Gasteiger partial charge is 0 e. The van der Waals surface area contributed by atoms with Gasteiger partial charge in [-0.1, -0.05) is 144 Å². The van der Waals surface area contributed by atoms with E-state index in [1.54, 1.807) is 0 Å². The van der Waals surface area contributed by atoms with Gasteiger partial charge in [0.2, 0.25) is 0 Å². The summed E-state index contributed by atoms with van der Waals surface area (Å²) in [5.41, 5.74) is 0.680. The molecule has 0 bridgehead atoms. The van der Waals surface area contributed by atoms with E-state index in [1.165, 1.54) is 21.2 Å². The second-order valence-electron chi connectivity index (χ2n) is 6.99. The Labute approximate surface area is 222 Å². The van der Waals surface area contributed by atoms with Gasteiger partial charge in [0.05, 0.1) is 0 Å². The third-order valence-corrected chi connectivity index (χ3v) is 8.41. The number of halogens is 2. The zero-order valence-electron chi connectivity index (χ0n) is 18.2. The predicted molar refractivity (Wildman–Crippen MR) is 149 cm³/mol. The molecule has 5 heteroatoms. The third-order valence-electron chi connectivity index (χ3n) is 4.42. The molecule has 32 heavy (non-hydrogen) atoms. The minimum atomic E-state index is -0.210. The molecule has 172 valence electrons. The van der Waals surface area contributed by atoms with E-state index >= 15 is 0 Å². The first kappa shape index (κ1) is 31.0. The summed E-state index contributed by atoms with van der Waals surface area (Å²) in [6, 6.07) is 42.9. The van der Waals surface area contributed by atoms with Crippen LogP contribution >= 0.6 is 41.3 Å². The number of benzene rings is 4. The summed E-state index contributed by atoms with van der Waals surface area (Å²) in [4.78, 5) is 0. The zero-order chi connectivity index (χ0) is 20.3. The number of rotatable bonds is 5. The number of hydrogen-bond donors (Lipinski definition) is 0. The molecule has 0 aliphatic heterocycles. The van der Waals surface area contributed by atoms with Crippen molar-refractivity contribution >= 4 is 62.5 Å². The molecule has 4 aromatic carbocycles. The first-order chi connectivity index (χ1) is 14.2. The fourth-order valence-corrected chi connectivity index (χ4v) is 6.66. The van der Waals surface area contributed by atoms with Crippen LogP contribution in [0.1, 0.15) is 13.8 Å². The fraction of sp³-hybridized carbons (Fsp3) is 0.111. The molecule has 0 aliphatic carbocycles. The van der Waals surface area contributed by atoms with Crippen molar-refractivity contribution in [2.24, 2.45) is 0 Å². The van der Waals surface area contributed by atoms with Crippen LogP contribution in [-0.4, -0.2) is 5.66 Å². The van der Waals surface area contributed by atoms with Crippen LogP contribution in [0.25, 0.3) is 0 Å². The van der Waals surface area contributed by atoms with E-state index in [1.807, 2.05) is 0 Å². The molecule has 0 N–H and O–H groups in total. The van der Waals surface area contributed by atoms with Crippen molar-refractivity contribution in [3.63, 3.8) is 0 Å². The quantitative estimate of drug-likeness (QED) is 0.179. The van der Waals surface area contributed by atoms with E-state index in [-0.39, 0.29) is 53.2 Å². The molecular weight excluding hydrogens is 564 g/mol. The van der Waals surface area contributed by atoms with E-state index < -0.39 is 0 Å². The Morgan fingerprint density at radius 3 is 1.06 bits per heavy atom. The summed E-state index contributed by atoms with van der Waals surface area (Å²) in [5, 5.41) is 5.74. The molecule has 0 heterocycles. The zero-order valence-corrected chi connectivity index (χ0v) is 23.3. The Kier molecular flexibility index (Phi) is 16.9. The Hall–Kier alpha value is -1.02. The maximum absolute atomic E-state index is 2.31. The van der Waals surface area contributed by atoms with Gasteiger partial charge in [-0.3, -0.25) is 0 Å². The topological polar surface area (TPSA) is 0 Å². The summed E-state index contributed by atoms with van der Waals surface area (Å²) in [6.45, 7) is 4.62. The van der Waals surface area contributed by atoms with Crippen LogP contribution in [0.5, 0.6) is 0 Å². The van der Waals surface area contributed by atoms with Crippen LogP contribution in [0, 0.1) is 0 Å². The molecule has 0 radical (unpaired) electrons. The average molecular weight is 594 g/mol. The molecule has 0 nitrogen and oxygen atoms in total. The third kappa shape index (κ3) is 10.3. The van der Waals surface area contributed by atoms with Gasteiger partial charge in [0.25, 0.3) is 0 Å². The first-order valence-corrected chi connectivity index (χ1v) is 12.4. The van der Waals surface area contributed by atoms with Crippen molar-refractivity contribution in [1.29, 1.82) is 0 Å². The molecule has 0 aromatic heterocycles. The van der Waals surface area contributed by atoms with Crippen LogP contribution in [0.3, 0.4) is 0 Å². The summed E-state index contributed by atoms with van der Waals surface area (Å²) in [7, 11) is 0.567. The standard InChI is InChI=1S/C15H17P.C12H11P.2ClH.Pd/c1-13(2)16(14-9-5-3-6-10-14)15-11-7-4-8-12-15;1-3-7-11(8-4-1)13-12-9-5-2-6-10-12;;;/h3-13H,1-2H3;1-10,13H;2*1H;. The number of hydrogen-bond acceptors (Lipinski definition) is 0. The maximum atomic E-state index is 2.31. The molecule has 4 aromatic rings. The van der Waals surface area contributed by atoms with Crippen LogP contribution in [0.15, 0.2) is 121 Å². The largest absolute Gasteiger partial charge is 0.147 e. The second-order valence-corrected chi connectivity index (χ2v) is 11.2. The molecule has 0 fully saturated rings. The van der Waals surface area contributed by atoms with Crippen LogP contribution in [-0.2, 0) is 20.4 Å². The molecule has 0 saturated carbocycles. The Balaban J connectivity index is 0.000000558. The van der Waals surface area contributed by atoms with Gasteiger partial charge in [-0.2, -0.15) is 0 Å². The van der Waals surface area contributed by atoms with Crippen LogP contribution in [0.2, 0.25) is 0 Å². The predicted octanol–water partition coefficient (Wildman–Crippen LogP) is 6.68. The van der Waals surface area contributed by atoms with E-state index in [9.17, 15) is 0 Å². The minimum Gasteiger partial charge on any atom is -0.147 e. The van der Waals surface area contributed by atoms with Gasteiger partial charge in [-0.25, -0.2) is 0 Å². The molecule has 0 amide bonds. The van der Waals surface area contributed by atoms with Crippen molar-refractivity contribution in [3.05, 3.63) is 121 Å². The molecule has 0 spiro atoms. The van der Waals surface area contributed by atoms with Gasteiger partial charge in [-0.15, -0.1) is 24.8 Å². The van der Waals surface area contributed by atoms with Gasteiger partial charge >= 0.3 is 0 Å². The molecule has 0 atom stereocenters. The van der Waals surface area contributed by atoms with Gasteiger partial charge in [0, 0.05) is 20.4 Å². The van der Waals surface area contributed by atoms with E-state index in [4.69, 9.17) is 0 Å². The van der Waals surface area contributed by atoms with Crippen molar-refractivity contribution in [2.45, 2.75) is 19.5 Å². The molecule has 0 aliphatic rings. The molecule has 0 saturated heterocycles.